The van der Waals surface area contributed by atoms with Crippen LogP contribution in [-0.2, 0) is 10.0 Å². The van der Waals surface area contributed by atoms with Crippen LogP contribution in [0.4, 0.5) is 0 Å². The Morgan fingerprint density at radius 3 is 2.93 bits per heavy atom. The van der Waals surface area contributed by atoms with E-state index in [1.807, 2.05) is 12.1 Å². The topological polar surface area (TPSA) is 88.9 Å². The van der Waals surface area contributed by atoms with Crippen LogP contribution >= 0.6 is 11.3 Å². The van der Waals surface area contributed by atoms with Crippen LogP contribution < -0.4 is 10.1 Å². The van der Waals surface area contributed by atoms with Gasteiger partial charge in [-0.05, 0) is 42.8 Å². The summed E-state index contributed by atoms with van der Waals surface area (Å²) in [6.45, 7) is 0.885. The van der Waals surface area contributed by atoms with Gasteiger partial charge in [0.05, 0.1) is 7.11 Å². The Kier molecular flexibility index (Phi) is 6.12. The fourth-order valence-electron chi connectivity index (χ4n) is 3.85. The minimum Gasteiger partial charge on any atom is -0.493 e. The minimum absolute atomic E-state index is 0.123. The first-order valence-electron chi connectivity index (χ1n) is 9.91. The summed E-state index contributed by atoms with van der Waals surface area (Å²) >= 11 is 1.23. The zero-order valence-electron chi connectivity index (χ0n) is 16.7. The number of amides is 1. The SMILES string of the molecule is COc1cccc2cc(C(=O)NCC[C@@H]3CCCCN3S(=O)(=O)c3cccs3)oc12. The number of nitrogens with one attached hydrogen (secondary N) is 1. The lowest BCUT2D eigenvalue weighted by Crippen LogP contribution is -2.44. The van der Waals surface area contributed by atoms with Gasteiger partial charge in [-0.2, -0.15) is 4.31 Å². The number of thiophene rings is 1. The van der Waals surface area contributed by atoms with Gasteiger partial charge in [-0.3, -0.25) is 4.79 Å². The van der Waals surface area contributed by atoms with Gasteiger partial charge in [-0.25, -0.2) is 8.42 Å². The molecule has 4 rings (SSSR count). The van der Waals surface area contributed by atoms with Gasteiger partial charge in [0, 0.05) is 24.5 Å². The molecule has 0 saturated carbocycles. The highest BCUT2D eigenvalue weighted by Gasteiger charge is 2.33. The van der Waals surface area contributed by atoms with Crippen molar-refractivity contribution >= 4 is 38.2 Å². The second kappa shape index (κ2) is 8.79. The fourth-order valence-corrected chi connectivity index (χ4v) is 6.70. The van der Waals surface area contributed by atoms with Gasteiger partial charge in [-0.1, -0.05) is 24.6 Å². The van der Waals surface area contributed by atoms with Crippen LogP contribution in [0.5, 0.6) is 5.75 Å². The highest BCUT2D eigenvalue weighted by atomic mass is 32.2. The van der Waals surface area contributed by atoms with Crippen molar-refractivity contribution < 1.29 is 22.4 Å². The molecule has 9 heteroatoms. The van der Waals surface area contributed by atoms with Crippen LogP contribution in [-0.4, -0.2) is 44.9 Å². The average Bonchev–Trinajstić information content (AvgIpc) is 3.44. The Hall–Kier alpha value is -2.36. The van der Waals surface area contributed by atoms with Gasteiger partial charge < -0.3 is 14.5 Å². The molecule has 1 N–H and O–H groups in total. The lowest BCUT2D eigenvalue weighted by molar-refractivity contribution is 0.0924. The van der Waals surface area contributed by atoms with Gasteiger partial charge in [0.25, 0.3) is 15.9 Å². The standard InChI is InChI=1S/C21H24N2O5S2/c1-27-17-8-4-6-15-14-18(28-20(15)17)21(24)22-11-10-16-7-2-3-12-23(16)30(25,26)19-9-5-13-29-19/h4-6,8-9,13-14,16H,2-3,7,10-12H2,1H3,(H,22,24)/t16-/m0/s1. The lowest BCUT2D eigenvalue weighted by atomic mass is 10.0. The van der Waals surface area contributed by atoms with Crippen molar-refractivity contribution in [1.82, 2.24) is 9.62 Å². The maximum Gasteiger partial charge on any atom is 0.287 e. The summed E-state index contributed by atoms with van der Waals surface area (Å²) in [4.78, 5) is 12.5. The maximum atomic E-state index is 13.0. The Morgan fingerprint density at radius 1 is 1.30 bits per heavy atom. The van der Waals surface area contributed by atoms with E-state index in [0.717, 1.165) is 24.6 Å². The van der Waals surface area contributed by atoms with E-state index in [-0.39, 0.29) is 17.7 Å². The number of furan rings is 1. The number of benzene rings is 1. The Bertz CT molecular complexity index is 1120. The van der Waals surface area contributed by atoms with Crippen molar-refractivity contribution in [3.63, 3.8) is 0 Å². The van der Waals surface area contributed by atoms with Gasteiger partial charge in [0.1, 0.15) is 4.21 Å². The monoisotopic (exact) mass is 448 g/mol. The molecule has 0 unspecified atom stereocenters. The average molecular weight is 449 g/mol. The smallest absolute Gasteiger partial charge is 0.287 e. The first-order valence-corrected chi connectivity index (χ1v) is 12.2. The fraction of sp³-hybridized carbons (Fsp3) is 0.381. The van der Waals surface area contributed by atoms with Crippen LogP contribution in [0.25, 0.3) is 11.0 Å². The van der Waals surface area contributed by atoms with E-state index in [1.165, 1.54) is 11.3 Å². The first-order chi connectivity index (χ1) is 14.5. The predicted octanol–water partition coefficient (Wildman–Crippen LogP) is 3.87. The van der Waals surface area contributed by atoms with E-state index in [1.54, 1.807) is 41.1 Å². The molecule has 1 atom stereocenters. The molecule has 160 valence electrons. The van der Waals surface area contributed by atoms with E-state index >= 15 is 0 Å². The van der Waals surface area contributed by atoms with Gasteiger partial charge >= 0.3 is 0 Å². The van der Waals surface area contributed by atoms with E-state index in [2.05, 4.69) is 5.32 Å². The molecule has 1 aliphatic heterocycles. The molecule has 1 aliphatic rings. The van der Waals surface area contributed by atoms with Gasteiger partial charge in [-0.15, -0.1) is 11.3 Å². The Morgan fingerprint density at radius 2 is 2.17 bits per heavy atom. The number of methoxy groups -OCH3 is 1. The third-order valence-electron chi connectivity index (χ3n) is 5.35. The zero-order chi connectivity index (χ0) is 21.1. The van der Waals surface area contributed by atoms with Crippen LogP contribution in [0.1, 0.15) is 36.2 Å². The normalized spacial score (nSPS) is 17.8. The molecule has 30 heavy (non-hydrogen) atoms. The number of ether oxygens (including phenoxy) is 1. The molecule has 1 fully saturated rings. The maximum absolute atomic E-state index is 13.0. The summed E-state index contributed by atoms with van der Waals surface area (Å²) < 4.78 is 38.8. The molecule has 1 saturated heterocycles. The van der Waals surface area contributed by atoms with Crippen LogP contribution in [0, 0.1) is 0 Å². The number of carbonyl (C=O) groups is 1. The van der Waals surface area contributed by atoms with E-state index in [0.29, 0.717) is 35.1 Å². The summed E-state index contributed by atoms with van der Waals surface area (Å²) in [7, 11) is -1.94. The van der Waals surface area contributed by atoms with E-state index in [9.17, 15) is 13.2 Å². The first kappa shape index (κ1) is 20.9. The predicted molar refractivity (Wildman–Crippen MR) is 116 cm³/mol. The molecule has 3 aromatic rings. The lowest BCUT2D eigenvalue weighted by Gasteiger charge is -2.34. The third-order valence-corrected chi connectivity index (χ3v) is 8.67. The molecule has 1 aromatic carbocycles. The molecular formula is C21H24N2O5S2. The molecule has 0 bridgehead atoms. The molecule has 0 radical (unpaired) electrons. The Balaban J connectivity index is 1.41. The van der Waals surface area contributed by atoms with Crippen molar-refractivity contribution in [2.75, 3.05) is 20.2 Å². The molecule has 0 aliphatic carbocycles. The van der Waals surface area contributed by atoms with E-state index < -0.39 is 10.0 Å². The molecule has 7 nitrogen and oxygen atoms in total. The van der Waals surface area contributed by atoms with Crippen LogP contribution in [0.3, 0.4) is 0 Å². The number of para-hydroxylation sites is 1. The van der Waals surface area contributed by atoms with Crippen molar-refractivity contribution in [2.45, 2.75) is 35.9 Å². The molecule has 3 heterocycles. The molecule has 0 spiro atoms. The number of fused-ring (bicyclic) bond motifs is 1. The van der Waals surface area contributed by atoms with Crippen molar-refractivity contribution in [3.05, 3.63) is 47.5 Å². The minimum atomic E-state index is -3.49. The number of piperidine rings is 1. The molecule has 2 aromatic heterocycles. The van der Waals surface area contributed by atoms with E-state index in [4.69, 9.17) is 9.15 Å². The largest absolute Gasteiger partial charge is 0.493 e. The number of hydrogen-bond donors (Lipinski definition) is 1. The number of sulfonamides is 1. The van der Waals surface area contributed by atoms with Gasteiger partial charge in [0.15, 0.2) is 17.1 Å². The summed E-state index contributed by atoms with van der Waals surface area (Å²) in [5.74, 6) is 0.459. The number of hydrogen-bond acceptors (Lipinski definition) is 6. The second-order valence-corrected chi connectivity index (χ2v) is 10.3. The molecular weight excluding hydrogens is 424 g/mol. The highest BCUT2D eigenvalue weighted by molar-refractivity contribution is 7.91. The number of carbonyl (C=O) groups excluding carboxylic acids is 1. The zero-order valence-corrected chi connectivity index (χ0v) is 18.3. The quantitative estimate of drug-likeness (QED) is 0.593. The van der Waals surface area contributed by atoms with Crippen LogP contribution in [0.15, 0.2) is 50.4 Å². The van der Waals surface area contributed by atoms with Crippen molar-refractivity contribution in [1.29, 1.82) is 0 Å². The summed E-state index contributed by atoms with van der Waals surface area (Å²) in [6, 6.07) is 10.4. The highest BCUT2D eigenvalue weighted by Crippen LogP contribution is 2.30. The summed E-state index contributed by atoms with van der Waals surface area (Å²) in [5, 5.41) is 5.42. The summed E-state index contributed by atoms with van der Waals surface area (Å²) in [6.07, 6.45) is 3.19. The van der Waals surface area contributed by atoms with Crippen molar-refractivity contribution in [3.8, 4) is 5.75 Å². The number of rotatable bonds is 7. The molecule has 1 amide bonds. The van der Waals surface area contributed by atoms with Crippen molar-refractivity contribution in [2.24, 2.45) is 0 Å². The van der Waals surface area contributed by atoms with Gasteiger partial charge in [0.2, 0.25) is 0 Å². The van der Waals surface area contributed by atoms with Crippen LogP contribution in [0.2, 0.25) is 0 Å². The number of nitrogens with zero attached hydrogens (tertiary/aromatic N) is 1. The Labute approximate surface area is 179 Å². The second-order valence-electron chi connectivity index (χ2n) is 7.23. The third kappa shape index (κ3) is 4.10. The summed E-state index contributed by atoms with van der Waals surface area (Å²) in [5.41, 5.74) is 0.533.